The van der Waals surface area contributed by atoms with Crippen molar-refractivity contribution in [1.29, 1.82) is 0 Å². The van der Waals surface area contributed by atoms with Crippen LogP contribution in [-0.2, 0) is 19.1 Å². The Morgan fingerprint density at radius 3 is 2.92 bits per heavy atom. The van der Waals surface area contributed by atoms with Gasteiger partial charge < -0.3 is 19.0 Å². The van der Waals surface area contributed by atoms with E-state index < -0.39 is 23.0 Å². The molecule has 1 saturated carbocycles. The van der Waals surface area contributed by atoms with Gasteiger partial charge in [-0.05, 0) is 31.4 Å². The fraction of sp³-hybridized carbons (Fsp3) is 0.600. The van der Waals surface area contributed by atoms with Crippen molar-refractivity contribution in [3.05, 3.63) is 35.8 Å². The fourth-order valence-electron chi connectivity index (χ4n) is 5.87. The molecule has 4 aliphatic rings. The summed E-state index contributed by atoms with van der Waals surface area (Å²) in [5.41, 5.74) is -1.23. The molecule has 6 nitrogen and oxygen atoms in total. The SMILES string of the molecule is C[C@]12C[C@@H](c3ccco3)OC(=O)[C@H]1C[C@H]1COC(=O)C3=CCC[C@@]2(O)[C@H]31. The zero-order valence-electron chi connectivity index (χ0n) is 14.6. The van der Waals surface area contributed by atoms with Crippen molar-refractivity contribution in [3.63, 3.8) is 0 Å². The molecule has 0 amide bonds. The highest BCUT2D eigenvalue weighted by Crippen LogP contribution is 2.64. The maximum absolute atomic E-state index is 12.9. The van der Waals surface area contributed by atoms with Crippen LogP contribution in [0.15, 0.2) is 34.5 Å². The lowest BCUT2D eigenvalue weighted by molar-refractivity contribution is -0.243. The van der Waals surface area contributed by atoms with E-state index >= 15 is 0 Å². The molecule has 0 unspecified atom stereocenters. The molecular weight excluding hydrogens is 336 g/mol. The summed E-state index contributed by atoms with van der Waals surface area (Å²) in [5.74, 6) is -0.751. The van der Waals surface area contributed by atoms with Crippen molar-refractivity contribution in [3.8, 4) is 0 Å². The Bertz CT molecular complexity index is 795. The molecule has 0 radical (unpaired) electrons. The standard InChI is InChI=1S/C20H22O6/c1-19-9-15(14-5-3-7-24-14)26-18(22)13(19)8-11-10-25-17(21)12-4-2-6-20(19,23)16(11)12/h3-5,7,11,13,15-16,23H,2,6,8-10H2,1H3/t11-,13+,15-,16-,19-,20+/m0/s1. The van der Waals surface area contributed by atoms with Crippen molar-refractivity contribution in [1.82, 2.24) is 0 Å². The quantitative estimate of drug-likeness (QED) is 0.777. The first kappa shape index (κ1) is 16.1. The Morgan fingerprint density at radius 2 is 2.15 bits per heavy atom. The van der Waals surface area contributed by atoms with Crippen LogP contribution in [0, 0.1) is 23.2 Å². The minimum atomic E-state index is -1.13. The van der Waals surface area contributed by atoms with Gasteiger partial charge in [-0.15, -0.1) is 0 Å². The number of fused-ring (bicyclic) bond motifs is 2. The molecule has 26 heavy (non-hydrogen) atoms. The van der Waals surface area contributed by atoms with E-state index in [-0.39, 0.29) is 30.4 Å². The van der Waals surface area contributed by atoms with Gasteiger partial charge >= 0.3 is 11.9 Å². The number of rotatable bonds is 1. The van der Waals surface area contributed by atoms with Crippen molar-refractivity contribution in [2.24, 2.45) is 23.2 Å². The van der Waals surface area contributed by atoms with Crippen molar-refractivity contribution in [2.45, 2.75) is 44.3 Å². The molecule has 1 aromatic heterocycles. The van der Waals surface area contributed by atoms with Crippen molar-refractivity contribution >= 4 is 11.9 Å². The van der Waals surface area contributed by atoms with Crippen molar-refractivity contribution in [2.75, 3.05) is 6.61 Å². The molecule has 2 saturated heterocycles. The lowest BCUT2D eigenvalue weighted by Gasteiger charge is -2.62. The molecule has 6 atom stereocenters. The van der Waals surface area contributed by atoms with Crippen LogP contribution in [0.1, 0.15) is 44.5 Å². The van der Waals surface area contributed by atoms with Crippen LogP contribution >= 0.6 is 0 Å². The number of cyclic esters (lactones) is 2. The third-order valence-electron chi connectivity index (χ3n) is 7.18. The van der Waals surface area contributed by atoms with E-state index in [1.165, 1.54) is 0 Å². The number of furan rings is 1. The van der Waals surface area contributed by atoms with Gasteiger partial charge in [0, 0.05) is 29.2 Å². The highest BCUT2D eigenvalue weighted by atomic mass is 16.6. The van der Waals surface area contributed by atoms with Crippen LogP contribution in [0.4, 0.5) is 0 Å². The minimum Gasteiger partial charge on any atom is -0.465 e. The zero-order chi connectivity index (χ0) is 18.1. The second-order valence-electron chi connectivity index (χ2n) is 8.31. The number of aliphatic hydroxyl groups is 1. The topological polar surface area (TPSA) is 86.0 Å². The molecule has 5 rings (SSSR count). The number of hydrogen-bond acceptors (Lipinski definition) is 6. The first-order chi connectivity index (χ1) is 12.4. The van der Waals surface area contributed by atoms with Crippen molar-refractivity contribution < 1.29 is 28.6 Å². The normalized spacial score (nSPS) is 44.3. The van der Waals surface area contributed by atoms with E-state index in [0.717, 1.165) is 0 Å². The predicted molar refractivity (Wildman–Crippen MR) is 88.6 cm³/mol. The molecule has 0 bridgehead atoms. The monoisotopic (exact) mass is 358 g/mol. The van der Waals surface area contributed by atoms with Gasteiger partial charge in [0.15, 0.2) is 6.10 Å². The summed E-state index contributed by atoms with van der Waals surface area (Å²) >= 11 is 0. The van der Waals surface area contributed by atoms with E-state index in [1.807, 2.05) is 13.0 Å². The molecular formula is C20H22O6. The summed E-state index contributed by atoms with van der Waals surface area (Å²) in [6, 6.07) is 3.56. The number of ether oxygens (including phenoxy) is 2. The van der Waals surface area contributed by atoms with Crippen LogP contribution in [0.5, 0.6) is 0 Å². The van der Waals surface area contributed by atoms with Crippen LogP contribution in [0.3, 0.4) is 0 Å². The minimum absolute atomic E-state index is 0.0463. The number of hydrogen-bond donors (Lipinski definition) is 1. The fourth-order valence-corrected chi connectivity index (χ4v) is 5.87. The largest absolute Gasteiger partial charge is 0.465 e. The Balaban J connectivity index is 1.60. The molecule has 6 heteroatoms. The average molecular weight is 358 g/mol. The average Bonchev–Trinajstić information content (AvgIpc) is 3.14. The van der Waals surface area contributed by atoms with Gasteiger partial charge in [0.05, 0.1) is 24.4 Å². The van der Waals surface area contributed by atoms with Gasteiger partial charge in [-0.1, -0.05) is 13.0 Å². The molecule has 0 aromatic carbocycles. The van der Waals surface area contributed by atoms with E-state index in [2.05, 4.69) is 0 Å². The van der Waals surface area contributed by atoms with Crippen LogP contribution in [0.2, 0.25) is 0 Å². The van der Waals surface area contributed by atoms with Gasteiger partial charge in [-0.2, -0.15) is 0 Å². The smallest absolute Gasteiger partial charge is 0.334 e. The molecule has 1 aromatic rings. The Hall–Kier alpha value is -2.08. The molecule has 2 aliphatic carbocycles. The van der Waals surface area contributed by atoms with E-state index in [4.69, 9.17) is 13.9 Å². The van der Waals surface area contributed by atoms with E-state index in [9.17, 15) is 14.7 Å². The van der Waals surface area contributed by atoms with E-state index in [1.54, 1.807) is 18.4 Å². The second-order valence-corrected chi connectivity index (χ2v) is 8.31. The zero-order valence-corrected chi connectivity index (χ0v) is 14.6. The molecule has 2 aliphatic heterocycles. The highest BCUT2D eigenvalue weighted by Gasteiger charge is 2.68. The predicted octanol–water partition coefficient (Wildman–Crippen LogP) is 2.53. The van der Waals surface area contributed by atoms with Crippen LogP contribution in [-0.4, -0.2) is 29.3 Å². The summed E-state index contributed by atoms with van der Waals surface area (Å²) in [4.78, 5) is 25.2. The molecule has 3 heterocycles. The number of carbonyl (C=O) groups excluding carboxylic acids is 2. The third-order valence-corrected chi connectivity index (χ3v) is 7.18. The Morgan fingerprint density at radius 1 is 1.31 bits per heavy atom. The summed E-state index contributed by atoms with van der Waals surface area (Å²) in [6.45, 7) is 2.23. The maximum atomic E-state index is 12.9. The van der Waals surface area contributed by atoms with Gasteiger partial charge in [0.2, 0.25) is 0 Å². The number of esters is 2. The highest BCUT2D eigenvalue weighted by molar-refractivity contribution is 5.90. The van der Waals surface area contributed by atoms with Gasteiger partial charge in [-0.25, -0.2) is 4.79 Å². The second kappa shape index (κ2) is 5.22. The first-order valence-corrected chi connectivity index (χ1v) is 9.27. The summed E-state index contributed by atoms with van der Waals surface area (Å²) < 4.78 is 16.5. The first-order valence-electron chi connectivity index (χ1n) is 9.27. The summed E-state index contributed by atoms with van der Waals surface area (Å²) in [7, 11) is 0. The summed E-state index contributed by atoms with van der Waals surface area (Å²) in [5, 5.41) is 11.9. The maximum Gasteiger partial charge on any atom is 0.334 e. The third kappa shape index (κ3) is 1.91. The summed E-state index contributed by atoms with van der Waals surface area (Å²) in [6.07, 6.45) is 5.15. The van der Waals surface area contributed by atoms with Gasteiger partial charge in [0.25, 0.3) is 0 Å². The lowest BCUT2D eigenvalue weighted by atomic mass is 9.45. The van der Waals surface area contributed by atoms with Gasteiger partial charge in [0.1, 0.15) is 5.76 Å². The molecule has 138 valence electrons. The van der Waals surface area contributed by atoms with E-state index in [0.29, 0.717) is 37.0 Å². The molecule has 0 spiro atoms. The Labute approximate surface area is 151 Å². The lowest BCUT2D eigenvalue weighted by Crippen LogP contribution is -2.67. The van der Waals surface area contributed by atoms with Crippen LogP contribution < -0.4 is 0 Å². The molecule has 1 N–H and O–H groups in total. The molecule has 3 fully saturated rings. The number of carbonyl (C=O) groups is 2. The van der Waals surface area contributed by atoms with Crippen LogP contribution in [0.25, 0.3) is 0 Å². The Kier molecular flexibility index (Phi) is 3.24. The van der Waals surface area contributed by atoms with Gasteiger partial charge in [-0.3, -0.25) is 4.79 Å². The number of allylic oxidation sites excluding steroid dienone is 1.